The fourth-order valence-electron chi connectivity index (χ4n) is 3.07. The smallest absolute Gasteiger partial charge is 0.122 e. The van der Waals surface area contributed by atoms with Crippen molar-refractivity contribution in [2.45, 2.75) is 5.92 Å². The molecule has 3 rings (SSSR count). The second-order valence-electron chi connectivity index (χ2n) is 5.84. The zero-order valence-electron chi connectivity index (χ0n) is 14.8. The van der Waals surface area contributed by atoms with Crippen LogP contribution in [0.25, 0.3) is 11.3 Å². The highest BCUT2D eigenvalue weighted by Gasteiger charge is 2.21. The number of hydrogen-bond donors (Lipinski definition) is 1. The van der Waals surface area contributed by atoms with Crippen molar-refractivity contribution < 1.29 is 9.47 Å². The molecule has 1 aromatic heterocycles. The minimum Gasteiger partial charge on any atom is -0.497 e. The van der Waals surface area contributed by atoms with Crippen LogP contribution in [0.5, 0.6) is 11.5 Å². The Morgan fingerprint density at radius 1 is 1.04 bits per heavy atom. The molecule has 0 fully saturated rings. The molecule has 0 amide bonds. The van der Waals surface area contributed by atoms with Gasteiger partial charge in [-0.2, -0.15) is 5.10 Å². The quantitative estimate of drug-likeness (QED) is 0.750. The fourth-order valence-corrected chi connectivity index (χ4v) is 3.07. The molecule has 0 saturated heterocycles. The first kappa shape index (κ1) is 17.0. The maximum atomic E-state index is 6.10. The summed E-state index contributed by atoms with van der Waals surface area (Å²) in [5, 5.41) is 4.67. The molecule has 130 valence electrons. The maximum absolute atomic E-state index is 6.10. The standard InChI is InChI=1S/C20H23N3O2/c1-23-19(17(13-21)16-6-4-5-7-20(16)25-3)12-18(22-23)14-8-10-15(24-2)11-9-14/h4-12,17H,13,21H2,1-3H3. The van der Waals surface area contributed by atoms with Crippen molar-refractivity contribution in [1.29, 1.82) is 0 Å². The Morgan fingerprint density at radius 3 is 2.40 bits per heavy atom. The Morgan fingerprint density at radius 2 is 1.76 bits per heavy atom. The topological polar surface area (TPSA) is 62.3 Å². The highest BCUT2D eigenvalue weighted by Crippen LogP contribution is 2.33. The molecular weight excluding hydrogens is 314 g/mol. The summed E-state index contributed by atoms with van der Waals surface area (Å²) in [7, 11) is 5.28. The SMILES string of the molecule is COc1ccc(-c2cc(C(CN)c3ccccc3OC)n(C)n2)cc1. The number of para-hydroxylation sites is 1. The van der Waals surface area contributed by atoms with Crippen molar-refractivity contribution in [2.75, 3.05) is 20.8 Å². The van der Waals surface area contributed by atoms with Crippen LogP contribution in [0.15, 0.2) is 54.6 Å². The average molecular weight is 337 g/mol. The molecule has 0 aliphatic rings. The van der Waals surface area contributed by atoms with Crippen LogP contribution in [-0.2, 0) is 7.05 Å². The van der Waals surface area contributed by atoms with Crippen LogP contribution in [0, 0.1) is 0 Å². The number of benzene rings is 2. The Balaban J connectivity index is 2.00. The number of hydrogen-bond acceptors (Lipinski definition) is 4. The van der Waals surface area contributed by atoms with Gasteiger partial charge in [0.05, 0.1) is 19.9 Å². The van der Waals surface area contributed by atoms with Crippen LogP contribution in [0.1, 0.15) is 17.2 Å². The number of nitrogens with two attached hydrogens (primary N) is 1. The van der Waals surface area contributed by atoms with Gasteiger partial charge in [-0.15, -0.1) is 0 Å². The molecule has 2 N–H and O–H groups in total. The summed E-state index contributed by atoms with van der Waals surface area (Å²) in [5.41, 5.74) is 10.2. The molecule has 2 aromatic carbocycles. The summed E-state index contributed by atoms with van der Waals surface area (Å²) >= 11 is 0. The number of aryl methyl sites for hydroxylation is 1. The summed E-state index contributed by atoms with van der Waals surface area (Å²) in [6.07, 6.45) is 0. The Hall–Kier alpha value is -2.79. The summed E-state index contributed by atoms with van der Waals surface area (Å²) < 4.78 is 12.6. The summed E-state index contributed by atoms with van der Waals surface area (Å²) in [6.45, 7) is 0.474. The van der Waals surface area contributed by atoms with Crippen molar-refractivity contribution >= 4 is 0 Å². The first-order valence-corrected chi connectivity index (χ1v) is 8.19. The van der Waals surface area contributed by atoms with Gasteiger partial charge in [0.15, 0.2) is 0 Å². The largest absolute Gasteiger partial charge is 0.497 e. The lowest BCUT2D eigenvalue weighted by molar-refractivity contribution is 0.407. The van der Waals surface area contributed by atoms with E-state index in [2.05, 4.69) is 17.2 Å². The summed E-state index contributed by atoms with van der Waals surface area (Å²) in [6, 6.07) is 17.9. The lowest BCUT2D eigenvalue weighted by atomic mass is 9.94. The number of ether oxygens (including phenoxy) is 2. The van der Waals surface area contributed by atoms with E-state index >= 15 is 0 Å². The third-order valence-corrected chi connectivity index (χ3v) is 4.41. The van der Waals surface area contributed by atoms with Gasteiger partial charge in [-0.3, -0.25) is 4.68 Å². The normalized spacial score (nSPS) is 12.0. The van der Waals surface area contributed by atoms with Gasteiger partial charge in [0, 0.05) is 36.3 Å². The fraction of sp³-hybridized carbons (Fsp3) is 0.250. The van der Waals surface area contributed by atoms with Crippen molar-refractivity contribution in [2.24, 2.45) is 12.8 Å². The van der Waals surface area contributed by atoms with Crippen LogP contribution in [0.2, 0.25) is 0 Å². The zero-order valence-corrected chi connectivity index (χ0v) is 14.8. The van der Waals surface area contributed by atoms with E-state index in [1.807, 2.05) is 54.2 Å². The second kappa shape index (κ2) is 7.40. The van der Waals surface area contributed by atoms with Crippen LogP contribution in [-0.4, -0.2) is 30.5 Å². The highest BCUT2D eigenvalue weighted by atomic mass is 16.5. The Bertz CT molecular complexity index is 840. The highest BCUT2D eigenvalue weighted by molar-refractivity contribution is 5.61. The molecule has 0 aliphatic carbocycles. The average Bonchev–Trinajstić information content (AvgIpc) is 3.04. The molecule has 5 heteroatoms. The van der Waals surface area contributed by atoms with E-state index in [4.69, 9.17) is 15.2 Å². The second-order valence-corrected chi connectivity index (χ2v) is 5.84. The van der Waals surface area contributed by atoms with Crippen LogP contribution in [0.4, 0.5) is 0 Å². The van der Waals surface area contributed by atoms with E-state index in [-0.39, 0.29) is 5.92 Å². The number of rotatable bonds is 6. The summed E-state index contributed by atoms with van der Waals surface area (Å²) in [5.74, 6) is 1.68. The first-order valence-electron chi connectivity index (χ1n) is 8.19. The predicted octanol–water partition coefficient (Wildman–Crippen LogP) is 3.19. The molecule has 25 heavy (non-hydrogen) atoms. The van der Waals surface area contributed by atoms with Gasteiger partial charge in [-0.1, -0.05) is 18.2 Å². The number of methoxy groups -OCH3 is 2. The molecule has 1 heterocycles. The number of aromatic nitrogens is 2. The maximum Gasteiger partial charge on any atom is 0.122 e. The molecule has 0 aliphatic heterocycles. The van der Waals surface area contributed by atoms with E-state index in [9.17, 15) is 0 Å². The van der Waals surface area contributed by atoms with Gasteiger partial charge in [0.2, 0.25) is 0 Å². The minimum atomic E-state index is 0.0145. The predicted molar refractivity (Wildman–Crippen MR) is 99.1 cm³/mol. The lowest BCUT2D eigenvalue weighted by Crippen LogP contribution is -2.17. The van der Waals surface area contributed by atoms with Crippen molar-refractivity contribution in [3.05, 3.63) is 65.9 Å². The monoisotopic (exact) mass is 337 g/mol. The molecule has 0 radical (unpaired) electrons. The van der Waals surface area contributed by atoms with Gasteiger partial charge in [-0.05, 0) is 36.4 Å². The zero-order chi connectivity index (χ0) is 17.8. The first-order chi connectivity index (χ1) is 12.2. The van der Waals surface area contributed by atoms with E-state index < -0.39 is 0 Å². The molecular formula is C20H23N3O2. The van der Waals surface area contributed by atoms with E-state index in [0.29, 0.717) is 6.54 Å². The molecule has 1 atom stereocenters. The van der Waals surface area contributed by atoms with Crippen LogP contribution < -0.4 is 15.2 Å². The molecule has 1 unspecified atom stereocenters. The van der Waals surface area contributed by atoms with Gasteiger partial charge < -0.3 is 15.2 Å². The third kappa shape index (κ3) is 3.37. The molecule has 0 spiro atoms. The third-order valence-electron chi connectivity index (χ3n) is 4.41. The van der Waals surface area contributed by atoms with E-state index in [0.717, 1.165) is 34.0 Å². The summed E-state index contributed by atoms with van der Waals surface area (Å²) in [4.78, 5) is 0. The molecule has 3 aromatic rings. The Labute approximate surface area is 148 Å². The molecule has 0 bridgehead atoms. The van der Waals surface area contributed by atoms with Crippen molar-refractivity contribution in [3.8, 4) is 22.8 Å². The van der Waals surface area contributed by atoms with E-state index in [1.54, 1.807) is 14.2 Å². The van der Waals surface area contributed by atoms with Gasteiger partial charge >= 0.3 is 0 Å². The van der Waals surface area contributed by atoms with Crippen molar-refractivity contribution in [3.63, 3.8) is 0 Å². The lowest BCUT2D eigenvalue weighted by Gasteiger charge is -2.18. The van der Waals surface area contributed by atoms with Gasteiger partial charge in [-0.25, -0.2) is 0 Å². The molecule has 0 saturated carbocycles. The Kier molecular flexibility index (Phi) is 5.05. The van der Waals surface area contributed by atoms with Crippen molar-refractivity contribution in [1.82, 2.24) is 9.78 Å². The minimum absolute atomic E-state index is 0.0145. The van der Waals surface area contributed by atoms with Gasteiger partial charge in [0.25, 0.3) is 0 Å². The van der Waals surface area contributed by atoms with Gasteiger partial charge in [0.1, 0.15) is 11.5 Å². The molecule has 5 nitrogen and oxygen atoms in total. The van der Waals surface area contributed by atoms with Crippen LogP contribution >= 0.6 is 0 Å². The van der Waals surface area contributed by atoms with E-state index in [1.165, 1.54) is 0 Å². The van der Waals surface area contributed by atoms with Crippen LogP contribution in [0.3, 0.4) is 0 Å². The number of nitrogens with zero attached hydrogens (tertiary/aromatic N) is 2.